The molecule has 1 spiro atoms. The Kier molecular flexibility index (Phi) is 9.08. The molecule has 0 radical (unpaired) electrons. The van der Waals surface area contributed by atoms with Crippen LogP contribution >= 0.6 is 0 Å². The molecule has 2 heteroatoms. The molecule has 2 nitrogen and oxygen atoms in total. The van der Waals surface area contributed by atoms with E-state index in [1.54, 1.807) is 11.1 Å². The largest absolute Gasteiger partial charge is 0.310 e. The summed E-state index contributed by atoms with van der Waals surface area (Å²) in [5.74, 6) is 1.00. The van der Waals surface area contributed by atoms with E-state index >= 15 is 0 Å². The number of rotatable bonds is 7. The second kappa shape index (κ2) is 15.0. The molecule has 4 aliphatic carbocycles. The van der Waals surface area contributed by atoms with Crippen LogP contribution in [0.15, 0.2) is 194 Å². The van der Waals surface area contributed by atoms with E-state index in [4.69, 9.17) is 0 Å². The molecule has 63 heavy (non-hydrogen) atoms. The molecule has 4 aliphatic rings. The molecule has 3 unspecified atom stereocenters. The number of hydrogen-bond donors (Lipinski definition) is 0. The average Bonchev–Trinajstić information content (AvgIpc) is 3.91. The molecular weight excluding hydrogens is 761 g/mol. The normalized spacial score (nSPS) is 20.0. The molecule has 0 N–H and O–H groups in total. The summed E-state index contributed by atoms with van der Waals surface area (Å²) >= 11 is 0. The van der Waals surface area contributed by atoms with E-state index in [0.29, 0.717) is 11.8 Å². The molecular formula is C61H54N2. The van der Waals surface area contributed by atoms with Crippen molar-refractivity contribution in [1.29, 1.82) is 0 Å². The van der Waals surface area contributed by atoms with Crippen LogP contribution in [0, 0.1) is 11.8 Å². The number of hydrogen-bond acceptors (Lipinski definition) is 2. The van der Waals surface area contributed by atoms with E-state index in [0.717, 1.165) is 12.8 Å². The Bertz CT molecular complexity index is 2980. The van der Waals surface area contributed by atoms with Crippen molar-refractivity contribution in [2.24, 2.45) is 11.8 Å². The number of benzene rings is 8. The Balaban J connectivity index is 1.11. The molecule has 0 aromatic heterocycles. The van der Waals surface area contributed by atoms with E-state index in [2.05, 4.69) is 218 Å². The van der Waals surface area contributed by atoms with Gasteiger partial charge in [-0.05, 0) is 154 Å². The van der Waals surface area contributed by atoms with Gasteiger partial charge in [-0.2, -0.15) is 0 Å². The topological polar surface area (TPSA) is 6.48 Å². The van der Waals surface area contributed by atoms with Gasteiger partial charge in [0.05, 0.1) is 11.4 Å². The molecule has 3 atom stereocenters. The third kappa shape index (κ3) is 5.91. The summed E-state index contributed by atoms with van der Waals surface area (Å²) < 4.78 is 0. The molecule has 0 bridgehead atoms. The predicted molar refractivity (Wildman–Crippen MR) is 264 cm³/mol. The summed E-state index contributed by atoms with van der Waals surface area (Å²) in [6.45, 7) is 4.81. The van der Waals surface area contributed by atoms with Crippen molar-refractivity contribution in [2.45, 2.75) is 69.6 Å². The van der Waals surface area contributed by atoms with Gasteiger partial charge in [-0.15, -0.1) is 0 Å². The van der Waals surface area contributed by atoms with E-state index in [9.17, 15) is 0 Å². The van der Waals surface area contributed by atoms with Gasteiger partial charge >= 0.3 is 0 Å². The van der Waals surface area contributed by atoms with Crippen LogP contribution in [0.1, 0.15) is 79.3 Å². The second-order valence-electron chi connectivity index (χ2n) is 19.1. The lowest BCUT2D eigenvalue weighted by Crippen LogP contribution is -2.40. The van der Waals surface area contributed by atoms with Gasteiger partial charge in [0.25, 0.3) is 0 Å². The van der Waals surface area contributed by atoms with Crippen LogP contribution in [0.5, 0.6) is 0 Å². The zero-order valence-electron chi connectivity index (χ0n) is 36.5. The molecule has 0 amide bonds. The maximum Gasteiger partial charge on any atom is 0.0505 e. The standard InChI is InChI=1S/C61H54N2/c1-60(2)54-33-16-15-32-52(54)53-37-36-51(41-55(53)60)63(49-29-13-6-14-30-49)57-35-19-24-45-39-47-26-10-4-9-25-46-38-44-23-18-34-56(58(44)61(46,47)59(45)57)62(48-27-11-5-12-28-48)50-31-17-22-43(40-50)42-20-7-3-8-21-42/h3,5-8,11-24,27-37,40-41,46-47H,4,9-10,25-26,38-39H2,1-2H3. The molecule has 12 rings (SSSR count). The van der Waals surface area contributed by atoms with Crippen molar-refractivity contribution >= 4 is 34.1 Å². The number of nitrogens with zero attached hydrogens (tertiary/aromatic N) is 2. The molecule has 8 aromatic carbocycles. The number of fused-ring (bicyclic) bond motifs is 5. The Labute approximate surface area is 373 Å². The van der Waals surface area contributed by atoms with E-state index in [1.807, 2.05) is 0 Å². The van der Waals surface area contributed by atoms with Crippen LogP contribution in [0.3, 0.4) is 0 Å². The van der Waals surface area contributed by atoms with E-state index < -0.39 is 0 Å². The quantitative estimate of drug-likeness (QED) is 0.158. The van der Waals surface area contributed by atoms with Crippen LogP contribution in [-0.2, 0) is 23.7 Å². The molecule has 1 fully saturated rings. The van der Waals surface area contributed by atoms with Crippen molar-refractivity contribution in [3.8, 4) is 22.3 Å². The second-order valence-corrected chi connectivity index (χ2v) is 19.1. The minimum atomic E-state index is -0.165. The van der Waals surface area contributed by atoms with Crippen LogP contribution in [0.2, 0.25) is 0 Å². The molecule has 308 valence electrons. The summed E-state index contributed by atoms with van der Waals surface area (Å²) in [6.07, 6.45) is 8.58. The summed E-state index contributed by atoms with van der Waals surface area (Å²) in [5, 5.41) is 0. The first-order valence-corrected chi connectivity index (χ1v) is 23.4. The van der Waals surface area contributed by atoms with Crippen molar-refractivity contribution < 1.29 is 0 Å². The van der Waals surface area contributed by atoms with Crippen molar-refractivity contribution in [1.82, 2.24) is 0 Å². The third-order valence-corrected chi connectivity index (χ3v) is 15.5. The number of anilines is 6. The van der Waals surface area contributed by atoms with Crippen molar-refractivity contribution in [2.75, 3.05) is 9.80 Å². The van der Waals surface area contributed by atoms with Crippen LogP contribution in [0.4, 0.5) is 34.1 Å². The Morgan fingerprint density at radius 1 is 0.397 bits per heavy atom. The summed E-state index contributed by atoms with van der Waals surface area (Å²) in [4.78, 5) is 5.22. The molecule has 0 aliphatic heterocycles. The van der Waals surface area contributed by atoms with Gasteiger partial charge in [0.1, 0.15) is 0 Å². The highest BCUT2D eigenvalue weighted by molar-refractivity contribution is 5.89. The van der Waals surface area contributed by atoms with Gasteiger partial charge in [-0.1, -0.05) is 167 Å². The highest BCUT2D eigenvalue weighted by Crippen LogP contribution is 2.66. The minimum Gasteiger partial charge on any atom is -0.310 e. The van der Waals surface area contributed by atoms with Gasteiger partial charge in [0, 0.05) is 33.6 Å². The third-order valence-electron chi connectivity index (χ3n) is 15.5. The first kappa shape index (κ1) is 38.1. The Morgan fingerprint density at radius 3 is 1.51 bits per heavy atom. The molecule has 1 saturated carbocycles. The zero-order valence-corrected chi connectivity index (χ0v) is 36.5. The SMILES string of the molecule is CC1(C)c2ccccc2-c2ccc(N(c3ccccc3)c3cccc4c3C35c6c(cccc6N(c6ccccc6)c6cccc(-c7ccccc7)c6)CC3CCCCCC5C4)cc21. The zero-order chi connectivity index (χ0) is 42.1. The molecule has 0 saturated heterocycles. The highest BCUT2D eigenvalue weighted by Gasteiger charge is 2.59. The number of para-hydroxylation sites is 2. The smallest absolute Gasteiger partial charge is 0.0505 e. The maximum absolute atomic E-state index is 2.63. The van der Waals surface area contributed by atoms with E-state index in [1.165, 1.54) is 111 Å². The summed E-state index contributed by atoms with van der Waals surface area (Å²) in [6, 6.07) is 73.3. The van der Waals surface area contributed by atoms with Crippen LogP contribution in [0.25, 0.3) is 22.3 Å². The summed E-state index contributed by atoms with van der Waals surface area (Å²) in [7, 11) is 0. The van der Waals surface area contributed by atoms with Gasteiger partial charge in [-0.25, -0.2) is 0 Å². The van der Waals surface area contributed by atoms with Crippen LogP contribution < -0.4 is 9.80 Å². The maximum atomic E-state index is 2.63. The van der Waals surface area contributed by atoms with Gasteiger partial charge in [0.15, 0.2) is 0 Å². The lowest BCUT2D eigenvalue weighted by Gasteiger charge is -2.45. The average molecular weight is 815 g/mol. The van der Waals surface area contributed by atoms with Gasteiger partial charge in [0.2, 0.25) is 0 Å². The van der Waals surface area contributed by atoms with Crippen molar-refractivity contribution in [3.05, 3.63) is 228 Å². The lowest BCUT2D eigenvalue weighted by atomic mass is 9.60. The van der Waals surface area contributed by atoms with Gasteiger partial charge in [-0.3, -0.25) is 0 Å². The highest BCUT2D eigenvalue weighted by atomic mass is 15.2. The summed E-state index contributed by atoms with van der Waals surface area (Å²) in [5.41, 5.74) is 21.4. The van der Waals surface area contributed by atoms with Crippen molar-refractivity contribution in [3.63, 3.8) is 0 Å². The molecule has 8 aromatic rings. The molecule has 0 heterocycles. The van der Waals surface area contributed by atoms with Crippen LogP contribution in [-0.4, -0.2) is 0 Å². The predicted octanol–water partition coefficient (Wildman–Crippen LogP) is 16.2. The fourth-order valence-corrected chi connectivity index (χ4v) is 12.9. The first-order chi connectivity index (χ1) is 31.0. The Morgan fingerprint density at radius 2 is 0.889 bits per heavy atom. The minimum absolute atomic E-state index is 0.102. The lowest BCUT2D eigenvalue weighted by molar-refractivity contribution is 0.205. The Hall–Kier alpha value is -6.64. The van der Waals surface area contributed by atoms with E-state index in [-0.39, 0.29) is 10.8 Å². The monoisotopic (exact) mass is 814 g/mol. The van der Waals surface area contributed by atoms with Gasteiger partial charge < -0.3 is 9.80 Å². The fourth-order valence-electron chi connectivity index (χ4n) is 12.9. The fraction of sp³-hybridized carbons (Fsp3) is 0.213. The first-order valence-electron chi connectivity index (χ1n) is 23.4.